The molecule has 0 bridgehead atoms. The molecule has 0 aliphatic heterocycles. The molecule has 22 heavy (non-hydrogen) atoms. The molecule has 0 N–H and O–H groups in total. The standard InChI is InChI=1S/C20H22O2/c1-4-16(14-15(2)3)17-10-12-19(13-11-17)22-20(21)18-8-6-5-7-9-18/h5-14,16H,4H2,1-3H3. The first-order valence-electron chi connectivity index (χ1n) is 7.62. The van der Waals surface area contributed by atoms with Crippen LogP contribution in [0.4, 0.5) is 0 Å². The summed E-state index contributed by atoms with van der Waals surface area (Å²) in [4.78, 5) is 12.0. The number of carbonyl (C=O) groups excluding carboxylic acids is 1. The molecule has 0 aliphatic carbocycles. The fraction of sp³-hybridized carbons (Fsp3) is 0.250. The monoisotopic (exact) mass is 294 g/mol. The van der Waals surface area contributed by atoms with Crippen molar-refractivity contribution in [3.63, 3.8) is 0 Å². The highest BCUT2D eigenvalue weighted by atomic mass is 16.5. The van der Waals surface area contributed by atoms with Crippen molar-refractivity contribution in [1.82, 2.24) is 0 Å². The zero-order valence-corrected chi connectivity index (χ0v) is 13.4. The van der Waals surface area contributed by atoms with Crippen molar-refractivity contribution in [1.29, 1.82) is 0 Å². The predicted octanol–water partition coefficient (Wildman–Crippen LogP) is 5.37. The second-order valence-electron chi connectivity index (χ2n) is 5.58. The molecule has 2 rings (SSSR count). The lowest BCUT2D eigenvalue weighted by molar-refractivity contribution is 0.0734. The van der Waals surface area contributed by atoms with Crippen molar-refractivity contribution >= 4 is 5.97 Å². The van der Waals surface area contributed by atoms with Gasteiger partial charge in [-0.15, -0.1) is 0 Å². The molecule has 0 fully saturated rings. The highest BCUT2D eigenvalue weighted by molar-refractivity contribution is 5.90. The third kappa shape index (κ3) is 4.32. The molecule has 2 aromatic rings. The van der Waals surface area contributed by atoms with E-state index in [9.17, 15) is 4.79 Å². The lowest BCUT2D eigenvalue weighted by Crippen LogP contribution is -2.08. The van der Waals surface area contributed by atoms with Crippen molar-refractivity contribution in [3.05, 3.63) is 77.4 Å². The number of hydrogen-bond donors (Lipinski definition) is 0. The van der Waals surface area contributed by atoms with E-state index in [1.165, 1.54) is 11.1 Å². The van der Waals surface area contributed by atoms with Gasteiger partial charge in [0.15, 0.2) is 0 Å². The van der Waals surface area contributed by atoms with Crippen LogP contribution in [-0.4, -0.2) is 5.97 Å². The summed E-state index contributed by atoms with van der Waals surface area (Å²) in [6, 6.07) is 16.8. The van der Waals surface area contributed by atoms with E-state index >= 15 is 0 Å². The van der Waals surface area contributed by atoms with Crippen molar-refractivity contribution in [3.8, 4) is 5.75 Å². The highest BCUT2D eigenvalue weighted by Crippen LogP contribution is 2.25. The molecule has 2 heteroatoms. The second kappa shape index (κ2) is 7.60. The minimum Gasteiger partial charge on any atom is -0.423 e. The summed E-state index contributed by atoms with van der Waals surface area (Å²) in [6.07, 6.45) is 3.32. The summed E-state index contributed by atoms with van der Waals surface area (Å²) in [5.74, 6) is 0.651. The Morgan fingerprint density at radius 3 is 2.23 bits per heavy atom. The summed E-state index contributed by atoms with van der Waals surface area (Å²) < 4.78 is 5.40. The van der Waals surface area contributed by atoms with Crippen LogP contribution in [0.1, 0.15) is 49.0 Å². The first-order valence-corrected chi connectivity index (χ1v) is 7.62. The maximum Gasteiger partial charge on any atom is 0.343 e. The maximum absolute atomic E-state index is 12.0. The molecule has 2 nitrogen and oxygen atoms in total. The Kier molecular flexibility index (Phi) is 5.54. The van der Waals surface area contributed by atoms with E-state index < -0.39 is 0 Å². The van der Waals surface area contributed by atoms with Crippen LogP contribution in [0.25, 0.3) is 0 Å². The Morgan fingerprint density at radius 1 is 1.05 bits per heavy atom. The summed E-state index contributed by atoms with van der Waals surface area (Å²) >= 11 is 0. The number of allylic oxidation sites excluding steroid dienone is 2. The molecule has 1 atom stereocenters. The van der Waals surface area contributed by atoms with Crippen molar-refractivity contribution < 1.29 is 9.53 Å². The molecular weight excluding hydrogens is 272 g/mol. The van der Waals surface area contributed by atoms with Crippen molar-refractivity contribution in [2.75, 3.05) is 0 Å². The molecule has 114 valence electrons. The molecule has 0 saturated heterocycles. The van der Waals surface area contributed by atoms with E-state index in [-0.39, 0.29) is 5.97 Å². The van der Waals surface area contributed by atoms with Crippen molar-refractivity contribution in [2.24, 2.45) is 0 Å². The average Bonchev–Trinajstić information content (AvgIpc) is 2.54. The minimum absolute atomic E-state index is 0.329. The number of carbonyl (C=O) groups is 1. The molecule has 0 saturated carbocycles. The Balaban J connectivity index is 2.09. The van der Waals surface area contributed by atoms with Crippen LogP contribution in [0, 0.1) is 0 Å². The number of ether oxygens (including phenoxy) is 1. The molecule has 0 aromatic heterocycles. The van der Waals surface area contributed by atoms with Gasteiger partial charge in [-0.25, -0.2) is 4.79 Å². The van der Waals surface area contributed by atoms with E-state index in [0.29, 0.717) is 17.2 Å². The summed E-state index contributed by atoms with van der Waals surface area (Å²) in [5.41, 5.74) is 3.11. The first-order chi connectivity index (χ1) is 10.6. The molecule has 2 aromatic carbocycles. The smallest absolute Gasteiger partial charge is 0.343 e. The Bertz CT molecular complexity index is 635. The lowest BCUT2D eigenvalue weighted by atomic mass is 9.94. The predicted molar refractivity (Wildman–Crippen MR) is 90.3 cm³/mol. The zero-order valence-electron chi connectivity index (χ0n) is 13.4. The van der Waals surface area contributed by atoms with Crippen molar-refractivity contribution in [2.45, 2.75) is 33.1 Å². The Labute approximate surface area is 132 Å². The van der Waals surface area contributed by atoms with Crippen LogP contribution < -0.4 is 4.74 Å². The van der Waals surface area contributed by atoms with Crippen LogP contribution in [0.15, 0.2) is 66.2 Å². The SMILES string of the molecule is CCC(C=C(C)C)c1ccc(OC(=O)c2ccccc2)cc1. The molecular formula is C20H22O2. The molecule has 0 heterocycles. The summed E-state index contributed by atoms with van der Waals surface area (Å²) in [6.45, 7) is 6.39. The van der Waals surface area contributed by atoms with E-state index in [4.69, 9.17) is 4.74 Å². The summed E-state index contributed by atoms with van der Waals surface area (Å²) in [5, 5.41) is 0. The largest absolute Gasteiger partial charge is 0.423 e. The minimum atomic E-state index is -0.329. The third-order valence-electron chi connectivity index (χ3n) is 3.50. The van der Waals surface area contributed by atoms with Gasteiger partial charge in [0.25, 0.3) is 0 Å². The Hall–Kier alpha value is -2.35. The van der Waals surface area contributed by atoms with Gasteiger partial charge in [-0.3, -0.25) is 0 Å². The van der Waals surface area contributed by atoms with E-state index in [2.05, 4.69) is 26.8 Å². The van der Waals surface area contributed by atoms with Crippen LogP contribution in [-0.2, 0) is 0 Å². The number of benzene rings is 2. The van der Waals surface area contributed by atoms with Gasteiger partial charge in [-0.2, -0.15) is 0 Å². The van der Waals surface area contributed by atoms with E-state index in [1.807, 2.05) is 42.5 Å². The van der Waals surface area contributed by atoms with Crippen LogP contribution in [0.3, 0.4) is 0 Å². The van der Waals surface area contributed by atoms with Crippen LogP contribution >= 0.6 is 0 Å². The fourth-order valence-electron chi connectivity index (χ4n) is 2.38. The van der Waals surface area contributed by atoms with Gasteiger partial charge in [0.2, 0.25) is 0 Å². The topological polar surface area (TPSA) is 26.3 Å². The number of hydrogen-bond acceptors (Lipinski definition) is 2. The lowest BCUT2D eigenvalue weighted by Gasteiger charge is -2.12. The molecule has 0 radical (unpaired) electrons. The Morgan fingerprint density at radius 2 is 1.68 bits per heavy atom. The van der Waals surface area contributed by atoms with E-state index in [0.717, 1.165) is 6.42 Å². The number of rotatable bonds is 5. The first kappa shape index (κ1) is 16.0. The fourth-order valence-corrected chi connectivity index (χ4v) is 2.38. The van der Waals surface area contributed by atoms with Crippen LogP contribution in [0.2, 0.25) is 0 Å². The normalized spacial score (nSPS) is 11.6. The maximum atomic E-state index is 12.0. The molecule has 1 unspecified atom stereocenters. The average molecular weight is 294 g/mol. The number of esters is 1. The highest BCUT2D eigenvalue weighted by Gasteiger charge is 2.09. The molecule has 0 aliphatic rings. The van der Waals surface area contributed by atoms with Gasteiger partial charge < -0.3 is 4.74 Å². The van der Waals surface area contributed by atoms with Gasteiger partial charge in [0.1, 0.15) is 5.75 Å². The second-order valence-corrected chi connectivity index (χ2v) is 5.58. The quantitative estimate of drug-likeness (QED) is 0.421. The molecule has 0 spiro atoms. The molecule has 0 amide bonds. The third-order valence-corrected chi connectivity index (χ3v) is 3.50. The van der Waals surface area contributed by atoms with Crippen LogP contribution in [0.5, 0.6) is 5.75 Å². The van der Waals surface area contributed by atoms with Gasteiger partial charge in [0.05, 0.1) is 5.56 Å². The van der Waals surface area contributed by atoms with Gasteiger partial charge in [-0.05, 0) is 50.1 Å². The zero-order chi connectivity index (χ0) is 15.9. The van der Waals surface area contributed by atoms with E-state index in [1.54, 1.807) is 12.1 Å². The summed E-state index contributed by atoms with van der Waals surface area (Å²) in [7, 11) is 0. The van der Waals surface area contributed by atoms with Gasteiger partial charge in [-0.1, -0.05) is 48.9 Å². The van der Waals surface area contributed by atoms with Gasteiger partial charge >= 0.3 is 5.97 Å². The van der Waals surface area contributed by atoms with Gasteiger partial charge in [0, 0.05) is 5.92 Å².